The molecule has 2 aromatic carbocycles. The third-order valence-corrected chi connectivity index (χ3v) is 10.5. The molecular weight excluding hydrogens is 546 g/mol. The second-order valence-electron chi connectivity index (χ2n) is 10.5. The lowest BCUT2D eigenvalue weighted by molar-refractivity contribution is -0.0147. The highest BCUT2D eigenvalue weighted by Crippen LogP contribution is 2.38. The topological polar surface area (TPSA) is 92.1 Å². The number of aryl methyl sites for hydroxylation is 1. The summed E-state index contributed by atoms with van der Waals surface area (Å²) in [5.74, 6) is -0.418. The van der Waals surface area contributed by atoms with Gasteiger partial charge in [0.1, 0.15) is 5.69 Å². The molecule has 1 amide bonds. The van der Waals surface area contributed by atoms with E-state index in [0.717, 1.165) is 27.6 Å². The van der Waals surface area contributed by atoms with Crippen LogP contribution in [0.5, 0.6) is 0 Å². The Morgan fingerprint density at radius 1 is 1.15 bits per heavy atom. The first-order chi connectivity index (χ1) is 19.1. The minimum atomic E-state index is -3.69. The van der Waals surface area contributed by atoms with Crippen molar-refractivity contribution in [2.24, 2.45) is 13.0 Å². The molecule has 5 rings (SSSR count). The molecular formula is C30H35N3O5S2. The standard InChI is InChI=1S/C30H35N3O5S2/c1-20-15-33(21(2)17-34)30(35)29-28(25-11-7-8-12-26(25)32(29)4)24-10-6-5-9-22(24)18-38-27(20)16-31(3)40(36,37)23-13-14-39-19-23/h5-14,19-21,27,34H,15-18H2,1-4H3/t20-,21+,27-/m1/s1. The summed E-state index contributed by atoms with van der Waals surface area (Å²) in [6.07, 6.45) is -0.509. The van der Waals surface area contributed by atoms with E-state index in [-0.39, 0.29) is 43.0 Å². The summed E-state index contributed by atoms with van der Waals surface area (Å²) in [6.45, 7) is 4.24. The van der Waals surface area contributed by atoms with Crippen LogP contribution in [0.4, 0.5) is 0 Å². The molecule has 3 atom stereocenters. The van der Waals surface area contributed by atoms with Gasteiger partial charge in [0.25, 0.3) is 5.91 Å². The van der Waals surface area contributed by atoms with Gasteiger partial charge in [0, 0.05) is 54.9 Å². The van der Waals surface area contributed by atoms with Crippen LogP contribution in [0.1, 0.15) is 29.9 Å². The molecule has 1 aliphatic heterocycles. The van der Waals surface area contributed by atoms with Crippen molar-refractivity contribution in [1.29, 1.82) is 0 Å². The van der Waals surface area contributed by atoms with Crippen molar-refractivity contribution in [1.82, 2.24) is 13.8 Å². The number of benzene rings is 2. The maximum Gasteiger partial charge on any atom is 0.271 e. The number of amides is 1. The number of aliphatic hydroxyl groups excluding tert-OH is 1. The molecule has 0 unspecified atom stereocenters. The second kappa shape index (κ2) is 11.5. The molecule has 0 bridgehead atoms. The van der Waals surface area contributed by atoms with E-state index in [1.807, 2.05) is 74.0 Å². The summed E-state index contributed by atoms with van der Waals surface area (Å²) >= 11 is 1.33. The molecule has 0 saturated heterocycles. The second-order valence-corrected chi connectivity index (χ2v) is 13.3. The van der Waals surface area contributed by atoms with Crippen molar-refractivity contribution in [3.05, 3.63) is 76.6 Å². The third-order valence-electron chi connectivity index (χ3n) is 7.87. The molecule has 0 spiro atoms. The summed E-state index contributed by atoms with van der Waals surface area (Å²) in [5.41, 5.74) is 4.14. The molecule has 1 N–H and O–H groups in total. The van der Waals surface area contributed by atoms with Gasteiger partial charge in [-0.2, -0.15) is 15.6 Å². The number of carbonyl (C=O) groups excluding carboxylic acids is 1. The smallest absolute Gasteiger partial charge is 0.271 e. The van der Waals surface area contributed by atoms with Gasteiger partial charge >= 0.3 is 0 Å². The molecule has 40 heavy (non-hydrogen) atoms. The van der Waals surface area contributed by atoms with E-state index in [0.29, 0.717) is 5.69 Å². The Morgan fingerprint density at radius 2 is 1.88 bits per heavy atom. The SMILES string of the molecule is C[C@@H]1CN([C@@H](C)CO)C(=O)c2c(c3ccccc3n2C)-c2ccccc2CO[C@@H]1CN(C)S(=O)(=O)c1ccsc1. The highest BCUT2D eigenvalue weighted by Gasteiger charge is 2.34. The molecule has 0 radical (unpaired) electrons. The van der Waals surface area contributed by atoms with Gasteiger partial charge in [0.15, 0.2) is 0 Å². The number of rotatable bonds is 6. The molecule has 4 aromatic rings. The monoisotopic (exact) mass is 581 g/mol. The quantitative estimate of drug-likeness (QED) is 0.360. The zero-order valence-electron chi connectivity index (χ0n) is 23.1. The number of aliphatic hydroxyl groups is 1. The Labute approximate surface area is 239 Å². The number of thiophene rings is 1. The van der Waals surface area contributed by atoms with Crippen molar-refractivity contribution in [2.45, 2.75) is 37.5 Å². The first-order valence-electron chi connectivity index (χ1n) is 13.3. The number of hydrogen-bond donors (Lipinski definition) is 1. The molecule has 0 fully saturated rings. The number of sulfonamides is 1. The van der Waals surface area contributed by atoms with E-state index < -0.39 is 22.2 Å². The average Bonchev–Trinajstić information content (AvgIpc) is 3.60. The minimum absolute atomic E-state index is 0.118. The summed E-state index contributed by atoms with van der Waals surface area (Å²) in [6, 6.07) is 17.0. The van der Waals surface area contributed by atoms with Crippen LogP contribution in [0.25, 0.3) is 22.0 Å². The van der Waals surface area contributed by atoms with E-state index in [1.165, 1.54) is 15.6 Å². The third kappa shape index (κ3) is 5.10. The van der Waals surface area contributed by atoms with Gasteiger partial charge in [0.2, 0.25) is 10.0 Å². The summed E-state index contributed by atoms with van der Waals surface area (Å²) in [4.78, 5) is 16.4. The molecule has 0 saturated carbocycles. The zero-order valence-corrected chi connectivity index (χ0v) is 24.8. The van der Waals surface area contributed by atoms with Crippen LogP contribution in [0.3, 0.4) is 0 Å². The van der Waals surface area contributed by atoms with Crippen LogP contribution in [0.15, 0.2) is 70.3 Å². The number of likely N-dealkylation sites (N-methyl/N-ethyl adjacent to an activating group) is 1. The number of para-hydroxylation sites is 1. The van der Waals surface area contributed by atoms with Crippen LogP contribution in [0.2, 0.25) is 0 Å². The highest BCUT2D eigenvalue weighted by molar-refractivity contribution is 7.89. The van der Waals surface area contributed by atoms with E-state index >= 15 is 0 Å². The zero-order chi connectivity index (χ0) is 28.6. The normalized spacial score (nSPS) is 19.4. The predicted molar refractivity (Wildman–Crippen MR) is 158 cm³/mol. The first-order valence-corrected chi connectivity index (χ1v) is 15.7. The fraction of sp³-hybridized carbons (Fsp3) is 0.367. The lowest BCUT2D eigenvalue weighted by Crippen LogP contribution is -2.48. The van der Waals surface area contributed by atoms with Gasteiger partial charge in [-0.1, -0.05) is 49.4 Å². The van der Waals surface area contributed by atoms with Crippen molar-refractivity contribution >= 4 is 38.2 Å². The molecule has 3 heterocycles. The van der Waals surface area contributed by atoms with Gasteiger partial charge in [0.05, 0.1) is 30.3 Å². The largest absolute Gasteiger partial charge is 0.394 e. The molecule has 212 valence electrons. The summed E-state index contributed by atoms with van der Waals surface area (Å²) < 4.78 is 36.2. The Hall–Kier alpha value is -3.02. The Bertz CT molecular complexity index is 1610. The Balaban J connectivity index is 1.63. The van der Waals surface area contributed by atoms with Gasteiger partial charge in [-0.3, -0.25) is 4.79 Å². The number of aromatic nitrogens is 1. The van der Waals surface area contributed by atoms with Gasteiger partial charge in [-0.15, -0.1) is 0 Å². The van der Waals surface area contributed by atoms with Crippen LogP contribution >= 0.6 is 11.3 Å². The van der Waals surface area contributed by atoms with Gasteiger partial charge < -0.3 is 19.3 Å². The number of carbonyl (C=O) groups is 1. The molecule has 0 aliphatic carbocycles. The number of fused-ring (bicyclic) bond motifs is 5. The molecule has 10 heteroatoms. The van der Waals surface area contributed by atoms with Gasteiger partial charge in [-0.05, 0) is 35.6 Å². The van der Waals surface area contributed by atoms with Crippen molar-refractivity contribution in [3.8, 4) is 11.1 Å². The summed E-state index contributed by atoms with van der Waals surface area (Å²) in [7, 11) is -0.236. The van der Waals surface area contributed by atoms with Crippen LogP contribution in [-0.4, -0.2) is 72.1 Å². The van der Waals surface area contributed by atoms with Crippen molar-refractivity contribution in [2.75, 3.05) is 26.7 Å². The first kappa shape index (κ1) is 28.5. The summed E-state index contributed by atoms with van der Waals surface area (Å²) in [5, 5.41) is 14.5. The Kier molecular flexibility index (Phi) is 8.17. The van der Waals surface area contributed by atoms with Gasteiger partial charge in [-0.25, -0.2) is 8.42 Å². The van der Waals surface area contributed by atoms with Crippen molar-refractivity contribution in [3.63, 3.8) is 0 Å². The lowest BCUT2D eigenvalue weighted by atomic mass is 9.96. The number of nitrogens with zero attached hydrogens (tertiary/aromatic N) is 3. The fourth-order valence-corrected chi connectivity index (χ4v) is 7.65. The molecule has 1 aliphatic rings. The van der Waals surface area contributed by atoms with Crippen molar-refractivity contribution < 1.29 is 23.1 Å². The maximum atomic E-state index is 14.4. The number of hydrogen-bond acceptors (Lipinski definition) is 6. The van der Waals surface area contributed by atoms with E-state index in [1.54, 1.807) is 28.8 Å². The average molecular weight is 582 g/mol. The predicted octanol–water partition coefficient (Wildman–Crippen LogP) is 4.59. The van der Waals surface area contributed by atoms with E-state index in [4.69, 9.17) is 4.74 Å². The Morgan fingerprint density at radius 3 is 2.60 bits per heavy atom. The lowest BCUT2D eigenvalue weighted by Gasteiger charge is -2.34. The van der Waals surface area contributed by atoms with Crippen LogP contribution in [0, 0.1) is 5.92 Å². The van der Waals surface area contributed by atoms with Crippen LogP contribution in [-0.2, 0) is 28.4 Å². The molecule has 8 nitrogen and oxygen atoms in total. The number of ether oxygens (including phenoxy) is 1. The molecule has 2 aromatic heterocycles. The van der Waals surface area contributed by atoms with E-state index in [2.05, 4.69) is 0 Å². The maximum absolute atomic E-state index is 14.4. The minimum Gasteiger partial charge on any atom is -0.394 e. The highest BCUT2D eigenvalue weighted by atomic mass is 32.2. The van der Waals surface area contributed by atoms with Crippen LogP contribution < -0.4 is 0 Å². The fourth-order valence-electron chi connectivity index (χ4n) is 5.46. The van der Waals surface area contributed by atoms with E-state index in [9.17, 15) is 18.3 Å².